The zero-order valence-corrected chi connectivity index (χ0v) is 12.7. The van der Waals surface area contributed by atoms with Crippen molar-refractivity contribution in [1.29, 1.82) is 0 Å². The highest BCUT2D eigenvalue weighted by Gasteiger charge is 2.31. The van der Waals surface area contributed by atoms with Gasteiger partial charge in [0.25, 0.3) is 0 Å². The van der Waals surface area contributed by atoms with E-state index in [1.807, 2.05) is 13.8 Å². The topological polar surface area (TPSA) is 74.7 Å². The Morgan fingerprint density at radius 1 is 1.37 bits per heavy atom. The van der Waals surface area contributed by atoms with Crippen LogP contribution in [0.15, 0.2) is 0 Å². The van der Waals surface area contributed by atoms with E-state index in [-0.39, 0.29) is 42.4 Å². The molecule has 6 heteroatoms. The maximum Gasteiger partial charge on any atom is 0.223 e. The van der Waals surface area contributed by atoms with Crippen molar-refractivity contribution in [2.45, 2.75) is 45.6 Å². The third kappa shape index (κ3) is 4.76. The summed E-state index contributed by atoms with van der Waals surface area (Å²) in [5, 5.41) is 9.08. The van der Waals surface area contributed by atoms with Crippen molar-refractivity contribution in [3.8, 4) is 0 Å². The van der Waals surface area contributed by atoms with Crippen LogP contribution in [0.2, 0.25) is 0 Å². The number of rotatable bonds is 7. The fourth-order valence-electron chi connectivity index (χ4n) is 2.75. The Morgan fingerprint density at radius 2 is 2.00 bits per heavy atom. The van der Waals surface area contributed by atoms with Crippen LogP contribution in [0.5, 0.6) is 0 Å². The van der Waals surface area contributed by atoms with E-state index in [9.17, 15) is 13.2 Å². The lowest BCUT2D eigenvalue weighted by Gasteiger charge is -2.30. The van der Waals surface area contributed by atoms with Crippen LogP contribution < -0.4 is 0 Å². The summed E-state index contributed by atoms with van der Waals surface area (Å²) in [6.45, 7) is 4.33. The van der Waals surface area contributed by atoms with Crippen LogP contribution in [0.1, 0.15) is 39.5 Å². The first-order valence-electron chi connectivity index (χ1n) is 7.04. The molecule has 1 aliphatic heterocycles. The molecule has 0 aromatic heterocycles. The van der Waals surface area contributed by atoms with Crippen LogP contribution in [0.25, 0.3) is 0 Å². The van der Waals surface area contributed by atoms with Gasteiger partial charge in [0.15, 0.2) is 9.84 Å². The lowest BCUT2D eigenvalue weighted by atomic mass is 10.0. The van der Waals surface area contributed by atoms with Gasteiger partial charge in [0.05, 0.1) is 18.1 Å². The number of sulfone groups is 1. The van der Waals surface area contributed by atoms with Gasteiger partial charge >= 0.3 is 0 Å². The molecule has 0 spiro atoms. The zero-order valence-electron chi connectivity index (χ0n) is 11.8. The summed E-state index contributed by atoms with van der Waals surface area (Å²) in [6, 6.07) is 0.137. The Bertz CT molecular complexity index is 389. The molecule has 0 saturated carbocycles. The Labute approximate surface area is 115 Å². The molecule has 1 saturated heterocycles. The highest BCUT2D eigenvalue weighted by atomic mass is 32.2. The van der Waals surface area contributed by atoms with Crippen LogP contribution >= 0.6 is 0 Å². The summed E-state index contributed by atoms with van der Waals surface area (Å²) < 4.78 is 22.8. The molecule has 1 heterocycles. The number of hydrogen-bond donors (Lipinski definition) is 1. The van der Waals surface area contributed by atoms with Crippen LogP contribution in [-0.2, 0) is 14.6 Å². The maximum absolute atomic E-state index is 12.3. The number of carbonyl (C=O) groups excluding carboxylic acids is 1. The zero-order chi connectivity index (χ0) is 14.5. The van der Waals surface area contributed by atoms with Crippen LogP contribution in [0.3, 0.4) is 0 Å². The number of aliphatic hydroxyl groups excluding tert-OH is 1. The number of carbonyl (C=O) groups is 1. The van der Waals surface area contributed by atoms with E-state index in [2.05, 4.69) is 0 Å². The number of amides is 1. The van der Waals surface area contributed by atoms with E-state index in [1.54, 1.807) is 4.90 Å². The summed E-state index contributed by atoms with van der Waals surface area (Å²) in [7, 11) is -2.93. The van der Waals surface area contributed by atoms with Gasteiger partial charge in [-0.3, -0.25) is 4.79 Å². The van der Waals surface area contributed by atoms with Gasteiger partial charge in [-0.05, 0) is 25.2 Å². The molecule has 0 aliphatic carbocycles. The normalized spacial score (nSPS) is 21.8. The third-order valence-corrected chi connectivity index (χ3v) is 5.67. The molecule has 19 heavy (non-hydrogen) atoms. The average Bonchev–Trinajstić information content (AvgIpc) is 2.69. The number of aliphatic hydroxyl groups is 1. The molecular weight excluding hydrogens is 266 g/mol. The Morgan fingerprint density at radius 3 is 2.42 bits per heavy atom. The van der Waals surface area contributed by atoms with Crippen molar-refractivity contribution >= 4 is 15.7 Å². The summed E-state index contributed by atoms with van der Waals surface area (Å²) in [4.78, 5) is 14.0. The van der Waals surface area contributed by atoms with Crippen LogP contribution in [0.4, 0.5) is 0 Å². The number of nitrogens with zero attached hydrogens (tertiary/aromatic N) is 1. The van der Waals surface area contributed by atoms with Crippen molar-refractivity contribution in [3.63, 3.8) is 0 Å². The molecule has 1 aliphatic rings. The minimum atomic E-state index is -2.93. The predicted molar refractivity (Wildman–Crippen MR) is 74.5 cm³/mol. The SMILES string of the molecule is CCC(CC)N(CCO)C(=O)CC1CCS(=O)(=O)C1. The molecule has 0 bridgehead atoms. The summed E-state index contributed by atoms with van der Waals surface area (Å²) in [5.41, 5.74) is 0. The highest BCUT2D eigenvalue weighted by Crippen LogP contribution is 2.23. The smallest absolute Gasteiger partial charge is 0.223 e. The van der Waals surface area contributed by atoms with Gasteiger partial charge in [-0.1, -0.05) is 13.8 Å². The molecule has 5 nitrogen and oxygen atoms in total. The summed E-state index contributed by atoms with van der Waals surface area (Å²) in [5.74, 6) is 0.266. The lowest BCUT2D eigenvalue weighted by molar-refractivity contribution is -0.135. The summed E-state index contributed by atoms with van der Waals surface area (Å²) in [6.07, 6.45) is 2.58. The fourth-order valence-corrected chi connectivity index (χ4v) is 4.61. The van der Waals surface area contributed by atoms with Crippen molar-refractivity contribution in [3.05, 3.63) is 0 Å². The van der Waals surface area contributed by atoms with Crippen molar-refractivity contribution in [2.75, 3.05) is 24.7 Å². The minimum absolute atomic E-state index is 0.0233. The third-order valence-electron chi connectivity index (χ3n) is 3.83. The standard InChI is InChI=1S/C13H25NO4S/c1-3-12(4-2)14(6-7-15)13(16)9-11-5-8-19(17,18)10-11/h11-12,15H,3-10H2,1-2H3. The highest BCUT2D eigenvalue weighted by molar-refractivity contribution is 7.91. The van der Waals surface area contributed by atoms with Gasteiger partial charge in [-0.2, -0.15) is 0 Å². The monoisotopic (exact) mass is 291 g/mol. The van der Waals surface area contributed by atoms with Crippen LogP contribution in [-0.4, -0.2) is 55.0 Å². The average molecular weight is 291 g/mol. The van der Waals surface area contributed by atoms with E-state index in [0.717, 1.165) is 12.8 Å². The van der Waals surface area contributed by atoms with E-state index in [4.69, 9.17) is 5.11 Å². The Balaban J connectivity index is 2.62. The first-order chi connectivity index (χ1) is 8.93. The second-order valence-corrected chi connectivity index (χ2v) is 7.48. The Kier molecular flexibility index (Phi) is 6.26. The first kappa shape index (κ1) is 16.4. The van der Waals surface area contributed by atoms with E-state index >= 15 is 0 Å². The molecule has 1 unspecified atom stereocenters. The second-order valence-electron chi connectivity index (χ2n) is 5.25. The van der Waals surface area contributed by atoms with Gasteiger partial charge in [-0.25, -0.2) is 8.42 Å². The second kappa shape index (κ2) is 7.24. The van der Waals surface area contributed by atoms with Gasteiger partial charge in [0, 0.05) is 19.0 Å². The van der Waals surface area contributed by atoms with Crippen molar-refractivity contribution < 1.29 is 18.3 Å². The molecule has 1 atom stereocenters. The molecular formula is C13H25NO4S. The largest absolute Gasteiger partial charge is 0.395 e. The molecule has 0 radical (unpaired) electrons. The van der Waals surface area contributed by atoms with Crippen molar-refractivity contribution in [1.82, 2.24) is 4.90 Å². The molecule has 1 N–H and O–H groups in total. The lowest BCUT2D eigenvalue weighted by Crippen LogP contribution is -2.42. The van der Waals surface area contributed by atoms with E-state index < -0.39 is 9.84 Å². The van der Waals surface area contributed by atoms with Gasteiger partial charge in [0.1, 0.15) is 0 Å². The predicted octanol–water partition coefficient (Wildman–Crippen LogP) is 0.821. The minimum Gasteiger partial charge on any atom is -0.395 e. The maximum atomic E-state index is 12.3. The molecule has 1 fully saturated rings. The van der Waals surface area contributed by atoms with Crippen molar-refractivity contribution in [2.24, 2.45) is 5.92 Å². The van der Waals surface area contributed by atoms with E-state index in [1.165, 1.54) is 0 Å². The quantitative estimate of drug-likeness (QED) is 0.753. The molecule has 0 aromatic carbocycles. The molecule has 112 valence electrons. The van der Waals surface area contributed by atoms with Gasteiger partial charge < -0.3 is 10.0 Å². The fraction of sp³-hybridized carbons (Fsp3) is 0.923. The Hall–Kier alpha value is -0.620. The van der Waals surface area contributed by atoms with Gasteiger partial charge in [-0.15, -0.1) is 0 Å². The van der Waals surface area contributed by atoms with E-state index in [0.29, 0.717) is 13.0 Å². The molecule has 1 rings (SSSR count). The molecule has 1 amide bonds. The first-order valence-corrected chi connectivity index (χ1v) is 8.86. The number of hydrogen-bond acceptors (Lipinski definition) is 4. The summed E-state index contributed by atoms with van der Waals surface area (Å²) >= 11 is 0. The van der Waals surface area contributed by atoms with Crippen LogP contribution in [0, 0.1) is 5.92 Å². The molecule has 0 aromatic rings. The van der Waals surface area contributed by atoms with Gasteiger partial charge in [0.2, 0.25) is 5.91 Å².